The lowest BCUT2D eigenvalue weighted by Gasteiger charge is -2.12. The fourth-order valence-corrected chi connectivity index (χ4v) is 2.75. The molecule has 0 aliphatic heterocycles. The zero-order chi connectivity index (χ0) is 13.9. The van der Waals surface area contributed by atoms with E-state index in [0.717, 1.165) is 24.9 Å². The molecule has 0 atom stereocenters. The van der Waals surface area contributed by atoms with Gasteiger partial charge in [0.05, 0.1) is 0 Å². The normalized spacial score (nSPS) is 14.8. The number of nitrogens with one attached hydrogen (secondary N) is 1. The molecule has 2 aromatic carbocycles. The Morgan fingerprint density at radius 1 is 0.950 bits per heavy atom. The Hall–Kier alpha value is -1.74. The Kier molecular flexibility index (Phi) is 3.79. The molecule has 0 radical (unpaired) electrons. The zero-order valence-corrected chi connectivity index (χ0v) is 11.2. The van der Waals surface area contributed by atoms with Gasteiger partial charge in [0.15, 0.2) is 0 Å². The minimum atomic E-state index is -2.39. The maximum Gasteiger partial charge on any atom is 0.263 e. The molecule has 0 amide bonds. The Bertz CT molecular complexity index is 553. The number of benzene rings is 2. The molecule has 1 aliphatic carbocycles. The van der Waals surface area contributed by atoms with E-state index >= 15 is 0 Å². The number of alkyl halides is 2. The van der Waals surface area contributed by atoms with Crippen LogP contribution in [0.1, 0.15) is 28.7 Å². The van der Waals surface area contributed by atoms with E-state index in [1.807, 2.05) is 0 Å². The van der Waals surface area contributed by atoms with Crippen LogP contribution in [0.2, 0.25) is 0 Å². The number of fused-ring (bicyclic) bond motifs is 1. The highest BCUT2D eigenvalue weighted by molar-refractivity contribution is 5.33. The predicted molar refractivity (Wildman–Crippen MR) is 75.9 cm³/mol. The second-order valence-corrected chi connectivity index (χ2v) is 5.30. The minimum Gasteiger partial charge on any atom is -0.309 e. The molecule has 0 spiro atoms. The highest BCUT2D eigenvalue weighted by Gasteiger charge is 2.20. The van der Waals surface area contributed by atoms with Crippen molar-refractivity contribution in [2.75, 3.05) is 0 Å². The van der Waals surface area contributed by atoms with E-state index in [0.29, 0.717) is 6.04 Å². The fraction of sp³-hybridized carbons (Fsp3) is 0.294. The second-order valence-electron chi connectivity index (χ2n) is 5.30. The first-order valence-corrected chi connectivity index (χ1v) is 6.89. The van der Waals surface area contributed by atoms with Gasteiger partial charge in [-0.05, 0) is 29.5 Å². The van der Waals surface area contributed by atoms with Crippen LogP contribution in [0.15, 0.2) is 48.5 Å². The fourth-order valence-electron chi connectivity index (χ4n) is 2.75. The van der Waals surface area contributed by atoms with Crippen molar-refractivity contribution in [2.45, 2.75) is 31.9 Å². The lowest BCUT2D eigenvalue weighted by Crippen LogP contribution is -2.28. The summed E-state index contributed by atoms with van der Waals surface area (Å²) in [7, 11) is 0. The van der Waals surface area contributed by atoms with Crippen molar-refractivity contribution < 1.29 is 8.78 Å². The van der Waals surface area contributed by atoms with E-state index in [1.165, 1.54) is 23.3 Å². The van der Waals surface area contributed by atoms with Crippen LogP contribution < -0.4 is 5.32 Å². The number of hydrogen-bond donors (Lipinski definition) is 1. The highest BCUT2D eigenvalue weighted by atomic mass is 19.3. The van der Waals surface area contributed by atoms with Gasteiger partial charge >= 0.3 is 0 Å². The molecule has 1 aliphatic rings. The Labute approximate surface area is 117 Å². The lowest BCUT2D eigenvalue weighted by molar-refractivity contribution is 0.151. The molecule has 0 unspecified atom stereocenters. The van der Waals surface area contributed by atoms with E-state index in [1.54, 1.807) is 12.1 Å². The van der Waals surface area contributed by atoms with E-state index in [2.05, 4.69) is 29.6 Å². The molecule has 3 heteroatoms. The maximum absolute atomic E-state index is 12.5. The smallest absolute Gasteiger partial charge is 0.263 e. The average molecular weight is 273 g/mol. The van der Waals surface area contributed by atoms with Gasteiger partial charge in [-0.15, -0.1) is 0 Å². The molecule has 0 heterocycles. The van der Waals surface area contributed by atoms with Crippen molar-refractivity contribution in [1.29, 1.82) is 0 Å². The summed E-state index contributed by atoms with van der Waals surface area (Å²) in [4.78, 5) is 0. The van der Waals surface area contributed by atoms with Crippen LogP contribution in [-0.2, 0) is 19.4 Å². The summed E-state index contributed by atoms with van der Waals surface area (Å²) in [5.41, 5.74) is 3.96. The van der Waals surface area contributed by atoms with Gasteiger partial charge in [-0.1, -0.05) is 48.5 Å². The molecule has 0 fully saturated rings. The van der Waals surface area contributed by atoms with Crippen LogP contribution in [0.5, 0.6) is 0 Å². The van der Waals surface area contributed by atoms with Crippen LogP contribution in [-0.4, -0.2) is 6.04 Å². The molecular weight excluding hydrogens is 256 g/mol. The van der Waals surface area contributed by atoms with Crippen molar-refractivity contribution in [3.63, 3.8) is 0 Å². The van der Waals surface area contributed by atoms with Gasteiger partial charge in [-0.25, -0.2) is 8.78 Å². The quantitative estimate of drug-likeness (QED) is 0.891. The van der Waals surface area contributed by atoms with Crippen LogP contribution in [0.4, 0.5) is 8.78 Å². The molecule has 104 valence electrons. The summed E-state index contributed by atoms with van der Waals surface area (Å²) in [5, 5.41) is 3.51. The van der Waals surface area contributed by atoms with E-state index in [4.69, 9.17) is 0 Å². The SMILES string of the molecule is FC(F)c1ccc(CNC2Cc3ccccc3C2)cc1. The zero-order valence-electron chi connectivity index (χ0n) is 11.2. The molecule has 20 heavy (non-hydrogen) atoms. The Morgan fingerprint density at radius 2 is 1.55 bits per heavy atom. The molecule has 1 nitrogen and oxygen atoms in total. The van der Waals surface area contributed by atoms with Crippen molar-refractivity contribution in [3.05, 3.63) is 70.8 Å². The van der Waals surface area contributed by atoms with E-state index in [-0.39, 0.29) is 5.56 Å². The maximum atomic E-state index is 12.5. The molecule has 0 saturated heterocycles. The molecule has 0 aromatic heterocycles. The van der Waals surface area contributed by atoms with Crippen molar-refractivity contribution in [2.24, 2.45) is 0 Å². The standard InChI is InChI=1S/C17H17F2N/c18-17(19)13-7-5-12(6-8-13)11-20-16-9-14-3-1-2-4-15(14)10-16/h1-8,16-17,20H,9-11H2. The van der Waals surface area contributed by atoms with Crippen LogP contribution in [0, 0.1) is 0 Å². The lowest BCUT2D eigenvalue weighted by atomic mass is 10.1. The molecule has 3 rings (SSSR count). The van der Waals surface area contributed by atoms with Gasteiger partial charge in [0.2, 0.25) is 0 Å². The number of rotatable bonds is 4. The summed E-state index contributed by atoms with van der Waals surface area (Å²) >= 11 is 0. The summed E-state index contributed by atoms with van der Waals surface area (Å²) < 4.78 is 24.9. The summed E-state index contributed by atoms with van der Waals surface area (Å²) in [5.74, 6) is 0. The van der Waals surface area contributed by atoms with Crippen LogP contribution in [0.25, 0.3) is 0 Å². The molecule has 2 aromatic rings. The largest absolute Gasteiger partial charge is 0.309 e. The first-order chi connectivity index (χ1) is 9.72. The van der Waals surface area contributed by atoms with E-state index < -0.39 is 6.43 Å². The first-order valence-electron chi connectivity index (χ1n) is 6.89. The molecule has 0 saturated carbocycles. The van der Waals surface area contributed by atoms with Crippen molar-refractivity contribution >= 4 is 0 Å². The third kappa shape index (κ3) is 2.88. The monoisotopic (exact) mass is 273 g/mol. The van der Waals surface area contributed by atoms with Crippen molar-refractivity contribution in [1.82, 2.24) is 5.32 Å². The molecular formula is C17H17F2N. The van der Waals surface area contributed by atoms with Gasteiger partial charge in [0.25, 0.3) is 6.43 Å². The van der Waals surface area contributed by atoms with Gasteiger partial charge < -0.3 is 5.32 Å². The van der Waals surface area contributed by atoms with Crippen LogP contribution >= 0.6 is 0 Å². The summed E-state index contributed by atoms with van der Waals surface area (Å²) in [6.07, 6.45) is -0.294. The van der Waals surface area contributed by atoms with Gasteiger partial charge in [0.1, 0.15) is 0 Å². The van der Waals surface area contributed by atoms with E-state index in [9.17, 15) is 8.78 Å². The number of hydrogen-bond acceptors (Lipinski definition) is 1. The van der Waals surface area contributed by atoms with Crippen LogP contribution in [0.3, 0.4) is 0 Å². The molecule has 0 bridgehead atoms. The summed E-state index contributed by atoms with van der Waals surface area (Å²) in [6, 6.07) is 15.5. The second kappa shape index (κ2) is 5.71. The minimum absolute atomic E-state index is 0.0852. The Balaban J connectivity index is 1.56. The summed E-state index contributed by atoms with van der Waals surface area (Å²) in [6.45, 7) is 0.724. The number of halogens is 2. The van der Waals surface area contributed by atoms with Gasteiger partial charge in [-0.2, -0.15) is 0 Å². The van der Waals surface area contributed by atoms with Gasteiger partial charge in [-0.3, -0.25) is 0 Å². The predicted octanol–water partition coefficient (Wildman–Crippen LogP) is 3.88. The topological polar surface area (TPSA) is 12.0 Å². The Morgan fingerprint density at radius 3 is 2.10 bits per heavy atom. The van der Waals surface area contributed by atoms with Crippen molar-refractivity contribution in [3.8, 4) is 0 Å². The average Bonchev–Trinajstić information content (AvgIpc) is 2.88. The first kappa shape index (κ1) is 13.3. The van der Waals surface area contributed by atoms with Gasteiger partial charge in [0, 0.05) is 18.2 Å². The highest BCUT2D eigenvalue weighted by Crippen LogP contribution is 2.22. The molecule has 1 N–H and O–H groups in total. The third-order valence-corrected chi connectivity index (χ3v) is 3.88. The third-order valence-electron chi connectivity index (χ3n) is 3.88.